The van der Waals surface area contributed by atoms with E-state index in [2.05, 4.69) is 5.32 Å². The molecule has 0 spiro atoms. The van der Waals surface area contributed by atoms with Gasteiger partial charge in [-0.05, 0) is 51.0 Å². The molecule has 0 saturated heterocycles. The molecule has 2 aromatic rings. The van der Waals surface area contributed by atoms with Crippen LogP contribution in [0.15, 0.2) is 36.4 Å². The summed E-state index contributed by atoms with van der Waals surface area (Å²) in [5.74, 6) is 0.443. The molecule has 8 heteroatoms. The number of rotatable bonds is 8. The Morgan fingerprint density at radius 2 is 1.63 bits per heavy atom. The van der Waals surface area contributed by atoms with Gasteiger partial charge in [-0.15, -0.1) is 0 Å². The van der Waals surface area contributed by atoms with E-state index in [0.29, 0.717) is 17.2 Å². The first-order chi connectivity index (χ1) is 14.0. The average molecular weight is 435 g/mol. The van der Waals surface area contributed by atoms with Crippen molar-refractivity contribution in [3.8, 4) is 11.5 Å². The lowest BCUT2D eigenvalue weighted by Crippen LogP contribution is -2.48. The van der Waals surface area contributed by atoms with Crippen molar-refractivity contribution >= 4 is 21.6 Å². The molecule has 1 amide bonds. The molecule has 0 saturated carbocycles. The summed E-state index contributed by atoms with van der Waals surface area (Å²) in [5, 5.41) is 2.94. The van der Waals surface area contributed by atoms with Crippen LogP contribution in [0.25, 0.3) is 0 Å². The number of methoxy groups -OCH3 is 2. The third kappa shape index (κ3) is 5.24. The van der Waals surface area contributed by atoms with Crippen molar-refractivity contribution in [1.29, 1.82) is 0 Å². The summed E-state index contributed by atoms with van der Waals surface area (Å²) in [6, 6.07) is 9.53. The van der Waals surface area contributed by atoms with Gasteiger partial charge in [-0.1, -0.05) is 23.8 Å². The van der Waals surface area contributed by atoms with Crippen LogP contribution in [0.5, 0.6) is 11.5 Å². The quantitative estimate of drug-likeness (QED) is 0.689. The van der Waals surface area contributed by atoms with Gasteiger partial charge in [0.1, 0.15) is 6.04 Å². The maximum atomic E-state index is 13.0. The first kappa shape index (κ1) is 23.5. The van der Waals surface area contributed by atoms with Crippen LogP contribution in [0.2, 0.25) is 0 Å². The van der Waals surface area contributed by atoms with E-state index < -0.39 is 22.0 Å². The fourth-order valence-corrected chi connectivity index (χ4v) is 4.58. The van der Waals surface area contributed by atoms with Gasteiger partial charge in [0.25, 0.3) is 0 Å². The van der Waals surface area contributed by atoms with Gasteiger partial charge in [-0.3, -0.25) is 9.10 Å². The Kier molecular flexibility index (Phi) is 7.36. The number of carbonyl (C=O) groups excluding carboxylic acids is 1. The standard InChI is InChI=1S/C22H30N2O5S/c1-14-8-9-15(2)19(12-14)16(3)23-22(25)17(4)24(30(7,26)27)18-10-11-20(28-5)21(13-18)29-6/h8-13,16-17H,1-7H3,(H,23,25)/t16-,17+/m0/s1. The maximum absolute atomic E-state index is 13.0. The van der Waals surface area contributed by atoms with Crippen LogP contribution in [0.3, 0.4) is 0 Å². The number of sulfonamides is 1. The van der Waals surface area contributed by atoms with Crippen LogP contribution in [0, 0.1) is 13.8 Å². The van der Waals surface area contributed by atoms with E-state index in [0.717, 1.165) is 27.3 Å². The van der Waals surface area contributed by atoms with Gasteiger partial charge in [0.15, 0.2) is 11.5 Å². The van der Waals surface area contributed by atoms with Crippen molar-refractivity contribution in [1.82, 2.24) is 5.32 Å². The topological polar surface area (TPSA) is 84.9 Å². The molecule has 0 heterocycles. The normalized spacial score (nSPS) is 13.3. The lowest BCUT2D eigenvalue weighted by molar-refractivity contribution is -0.122. The lowest BCUT2D eigenvalue weighted by Gasteiger charge is -2.30. The molecule has 2 rings (SSSR count). The van der Waals surface area contributed by atoms with Crippen LogP contribution in [0.4, 0.5) is 5.69 Å². The fraction of sp³-hybridized carbons (Fsp3) is 0.409. The number of nitrogens with one attached hydrogen (secondary N) is 1. The molecule has 2 atom stereocenters. The van der Waals surface area contributed by atoms with Crippen molar-refractivity contribution in [2.24, 2.45) is 0 Å². The highest BCUT2D eigenvalue weighted by molar-refractivity contribution is 7.92. The number of hydrogen-bond donors (Lipinski definition) is 1. The Bertz CT molecular complexity index is 1020. The number of nitrogens with zero attached hydrogens (tertiary/aromatic N) is 1. The minimum absolute atomic E-state index is 0.272. The van der Waals surface area contributed by atoms with Crippen molar-refractivity contribution in [2.45, 2.75) is 39.8 Å². The molecule has 7 nitrogen and oxygen atoms in total. The van der Waals surface area contributed by atoms with Crippen LogP contribution >= 0.6 is 0 Å². The molecule has 0 unspecified atom stereocenters. The first-order valence-corrected chi connectivity index (χ1v) is 11.4. The summed E-state index contributed by atoms with van der Waals surface area (Å²) >= 11 is 0. The average Bonchev–Trinajstić information content (AvgIpc) is 2.68. The zero-order chi connectivity index (χ0) is 22.6. The Balaban J connectivity index is 2.34. The number of amides is 1. The van der Waals surface area contributed by atoms with Crippen molar-refractivity contribution < 1.29 is 22.7 Å². The van der Waals surface area contributed by atoms with Crippen molar-refractivity contribution in [2.75, 3.05) is 24.8 Å². The summed E-state index contributed by atoms with van der Waals surface area (Å²) in [5.41, 5.74) is 3.46. The molecule has 0 fully saturated rings. The predicted octanol–water partition coefficient (Wildman–Crippen LogP) is 3.35. The highest BCUT2D eigenvalue weighted by Crippen LogP contribution is 2.33. The number of aryl methyl sites for hydroxylation is 2. The smallest absolute Gasteiger partial charge is 0.244 e. The van der Waals surface area contributed by atoms with Crippen molar-refractivity contribution in [3.05, 3.63) is 53.1 Å². The second-order valence-corrected chi connectivity index (χ2v) is 9.22. The minimum atomic E-state index is -3.75. The molecule has 1 N–H and O–H groups in total. The summed E-state index contributed by atoms with van der Waals surface area (Å²) in [6.45, 7) is 7.41. The van der Waals surface area contributed by atoms with Gasteiger partial charge in [0.05, 0.1) is 32.2 Å². The van der Waals surface area contributed by atoms with Crippen LogP contribution in [-0.2, 0) is 14.8 Å². The van der Waals surface area contributed by atoms with E-state index in [4.69, 9.17) is 9.47 Å². The SMILES string of the molecule is COc1ccc(N([C@H](C)C(=O)N[C@@H](C)c2cc(C)ccc2C)S(C)(=O)=O)cc1OC. The van der Waals surface area contributed by atoms with E-state index in [1.165, 1.54) is 20.3 Å². The third-order valence-corrected chi connectivity index (χ3v) is 6.21. The molecule has 164 valence electrons. The molecule has 0 aliphatic rings. The van der Waals surface area contributed by atoms with Gasteiger partial charge in [-0.25, -0.2) is 8.42 Å². The molecule has 0 aliphatic heterocycles. The number of benzene rings is 2. The van der Waals surface area contributed by atoms with Gasteiger partial charge >= 0.3 is 0 Å². The number of ether oxygens (including phenoxy) is 2. The van der Waals surface area contributed by atoms with Crippen LogP contribution in [0.1, 0.15) is 36.6 Å². The summed E-state index contributed by atoms with van der Waals surface area (Å²) < 4.78 is 36.7. The molecular formula is C22H30N2O5S. The first-order valence-electron chi connectivity index (χ1n) is 9.58. The zero-order valence-corrected chi connectivity index (χ0v) is 19.3. The monoisotopic (exact) mass is 434 g/mol. The van der Waals surface area contributed by atoms with Gasteiger partial charge in [-0.2, -0.15) is 0 Å². The number of hydrogen-bond acceptors (Lipinski definition) is 5. The summed E-state index contributed by atoms with van der Waals surface area (Å²) in [4.78, 5) is 13.0. The third-order valence-electron chi connectivity index (χ3n) is 4.97. The van der Waals surface area contributed by atoms with Crippen LogP contribution < -0.4 is 19.1 Å². The van der Waals surface area contributed by atoms with E-state index >= 15 is 0 Å². The second kappa shape index (κ2) is 9.38. The van der Waals surface area contributed by atoms with Gasteiger partial charge in [0, 0.05) is 6.07 Å². The Labute approximate surface area is 179 Å². The molecular weight excluding hydrogens is 404 g/mol. The van der Waals surface area contributed by atoms with E-state index in [9.17, 15) is 13.2 Å². The number of anilines is 1. The van der Waals surface area contributed by atoms with Crippen LogP contribution in [-0.4, -0.2) is 40.8 Å². The Morgan fingerprint density at radius 3 is 2.20 bits per heavy atom. The molecule has 0 bridgehead atoms. The highest BCUT2D eigenvalue weighted by Gasteiger charge is 2.30. The van der Waals surface area contributed by atoms with Gasteiger partial charge < -0.3 is 14.8 Å². The molecule has 0 radical (unpaired) electrons. The molecule has 0 aliphatic carbocycles. The van der Waals surface area contributed by atoms with E-state index in [1.807, 2.05) is 39.0 Å². The predicted molar refractivity (Wildman–Crippen MR) is 119 cm³/mol. The minimum Gasteiger partial charge on any atom is -0.493 e. The highest BCUT2D eigenvalue weighted by atomic mass is 32.2. The largest absolute Gasteiger partial charge is 0.493 e. The van der Waals surface area contributed by atoms with E-state index in [-0.39, 0.29) is 6.04 Å². The second-order valence-electron chi connectivity index (χ2n) is 7.36. The molecule has 2 aromatic carbocycles. The maximum Gasteiger partial charge on any atom is 0.244 e. The summed E-state index contributed by atoms with van der Waals surface area (Å²) in [7, 11) is -0.783. The molecule has 30 heavy (non-hydrogen) atoms. The zero-order valence-electron chi connectivity index (χ0n) is 18.5. The van der Waals surface area contributed by atoms with Gasteiger partial charge in [0.2, 0.25) is 15.9 Å². The fourth-order valence-electron chi connectivity index (χ4n) is 3.41. The van der Waals surface area contributed by atoms with E-state index in [1.54, 1.807) is 19.1 Å². The Hall–Kier alpha value is -2.74. The lowest BCUT2D eigenvalue weighted by atomic mass is 10.00. The summed E-state index contributed by atoms with van der Waals surface area (Å²) in [6.07, 6.45) is 1.07. The number of carbonyl (C=O) groups is 1. The molecule has 0 aromatic heterocycles. The Morgan fingerprint density at radius 1 is 1.00 bits per heavy atom. The van der Waals surface area contributed by atoms with Crippen molar-refractivity contribution in [3.63, 3.8) is 0 Å².